The molecule has 26 heavy (non-hydrogen) atoms. The van der Waals surface area contributed by atoms with Crippen LogP contribution in [0.3, 0.4) is 0 Å². The Morgan fingerprint density at radius 3 is 2.69 bits per heavy atom. The molecule has 5 nitrogen and oxygen atoms in total. The quantitative estimate of drug-likeness (QED) is 0.849. The summed E-state index contributed by atoms with van der Waals surface area (Å²) in [5.41, 5.74) is 7.22. The lowest BCUT2D eigenvalue weighted by molar-refractivity contribution is -0.121. The second-order valence-corrected chi connectivity index (χ2v) is 9.28. The summed E-state index contributed by atoms with van der Waals surface area (Å²) in [4.78, 5) is 28.3. The molecule has 3 aliphatic rings. The maximum atomic E-state index is 12.9. The minimum absolute atomic E-state index is 0.0123. The number of amides is 2. The number of nitrogens with two attached hydrogens (primary N) is 1. The Labute approximate surface area is 159 Å². The van der Waals surface area contributed by atoms with Gasteiger partial charge in [-0.15, -0.1) is 11.3 Å². The summed E-state index contributed by atoms with van der Waals surface area (Å²) in [6.07, 6.45) is 9.53. The van der Waals surface area contributed by atoms with E-state index in [1.54, 1.807) is 0 Å². The van der Waals surface area contributed by atoms with Crippen LogP contribution in [0.15, 0.2) is 0 Å². The van der Waals surface area contributed by atoms with E-state index in [0.717, 1.165) is 49.8 Å². The van der Waals surface area contributed by atoms with Crippen LogP contribution in [0.4, 0.5) is 5.00 Å². The van der Waals surface area contributed by atoms with Crippen LogP contribution in [0, 0.1) is 11.8 Å². The van der Waals surface area contributed by atoms with Crippen LogP contribution in [-0.4, -0.2) is 35.8 Å². The van der Waals surface area contributed by atoms with Gasteiger partial charge in [0.25, 0.3) is 5.91 Å². The average molecular weight is 376 g/mol. The fourth-order valence-corrected chi connectivity index (χ4v) is 6.41. The molecule has 0 unspecified atom stereocenters. The second kappa shape index (κ2) is 7.31. The number of nitrogens with zero attached hydrogens (tertiary/aromatic N) is 1. The number of rotatable bonds is 4. The molecule has 2 fully saturated rings. The number of aryl methyl sites for hydroxylation is 1. The molecule has 0 spiro atoms. The highest BCUT2D eigenvalue weighted by Gasteiger charge is 2.35. The zero-order chi connectivity index (χ0) is 18.3. The van der Waals surface area contributed by atoms with Crippen molar-refractivity contribution >= 4 is 28.2 Å². The van der Waals surface area contributed by atoms with E-state index in [0.29, 0.717) is 10.6 Å². The lowest BCUT2D eigenvalue weighted by atomic mass is 9.75. The van der Waals surface area contributed by atoms with Gasteiger partial charge in [-0.05, 0) is 63.0 Å². The van der Waals surface area contributed by atoms with Crippen molar-refractivity contribution in [3.63, 3.8) is 0 Å². The monoisotopic (exact) mass is 375 g/mol. The van der Waals surface area contributed by atoms with Gasteiger partial charge in [0.15, 0.2) is 0 Å². The molecule has 3 N–H and O–H groups in total. The van der Waals surface area contributed by atoms with E-state index in [2.05, 4.69) is 10.2 Å². The number of likely N-dealkylation sites (tertiary alicyclic amines) is 1. The Morgan fingerprint density at radius 1 is 1.15 bits per heavy atom. The normalized spacial score (nSPS) is 26.8. The van der Waals surface area contributed by atoms with E-state index < -0.39 is 5.91 Å². The third-order valence-electron chi connectivity index (χ3n) is 6.65. The van der Waals surface area contributed by atoms with Crippen LogP contribution >= 0.6 is 11.3 Å². The van der Waals surface area contributed by atoms with Gasteiger partial charge in [0.2, 0.25) is 5.91 Å². The van der Waals surface area contributed by atoms with Crippen LogP contribution in [0.1, 0.15) is 66.2 Å². The molecule has 1 aromatic heterocycles. The SMILES string of the molecule is C[C@H](C(=O)Nc1sc2c(c1C(N)=O)CCC2)N1CC[C@H]2CCCC[C@@H]2C1. The molecule has 4 rings (SSSR count). The van der Waals surface area contributed by atoms with Crippen molar-refractivity contribution in [1.82, 2.24) is 4.90 Å². The van der Waals surface area contributed by atoms with Gasteiger partial charge >= 0.3 is 0 Å². The molecular weight excluding hydrogens is 346 g/mol. The maximum absolute atomic E-state index is 12.9. The summed E-state index contributed by atoms with van der Waals surface area (Å²) in [7, 11) is 0. The molecule has 1 saturated carbocycles. The Balaban J connectivity index is 1.44. The molecule has 0 bridgehead atoms. The van der Waals surface area contributed by atoms with Crippen LogP contribution in [0.5, 0.6) is 0 Å². The summed E-state index contributed by atoms with van der Waals surface area (Å²) in [6, 6.07) is -0.171. The summed E-state index contributed by atoms with van der Waals surface area (Å²) in [5.74, 6) is 1.17. The number of hydrogen-bond acceptors (Lipinski definition) is 4. The summed E-state index contributed by atoms with van der Waals surface area (Å²) < 4.78 is 0. The van der Waals surface area contributed by atoms with Crippen molar-refractivity contribution in [2.45, 2.75) is 64.3 Å². The average Bonchev–Trinajstić information content (AvgIpc) is 3.20. The molecule has 1 aliphatic heterocycles. The highest BCUT2D eigenvalue weighted by molar-refractivity contribution is 7.17. The highest BCUT2D eigenvalue weighted by atomic mass is 32.1. The summed E-state index contributed by atoms with van der Waals surface area (Å²) in [5, 5.41) is 3.69. The fraction of sp³-hybridized carbons (Fsp3) is 0.700. The Hall–Kier alpha value is -1.40. The van der Waals surface area contributed by atoms with Crippen molar-refractivity contribution in [3.05, 3.63) is 16.0 Å². The number of primary amides is 1. The van der Waals surface area contributed by atoms with Crippen molar-refractivity contribution < 1.29 is 9.59 Å². The summed E-state index contributed by atoms with van der Waals surface area (Å²) >= 11 is 1.54. The minimum atomic E-state index is -0.421. The van der Waals surface area contributed by atoms with Crippen LogP contribution in [0.25, 0.3) is 0 Å². The number of piperidine rings is 1. The van der Waals surface area contributed by atoms with Crippen molar-refractivity contribution in [3.8, 4) is 0 Å². The lowest BCUT2D eigenvalue weighted by Crippen LogP contribution is -2.50. The van der Waals surface area contributed by atoms with Gasteiger partial charge in [0.1, 0.15) is 5.00 Å². The van der Waals surface area contributed by atoms with Gasteiger partial charge in [-0.3, -0.25) is 14.5 Å². The van der Waals surface area contributed by atoms with Crippen LogP contribution in [-0.2, 0) is 17.6 Å². The molecule has 6 heteroatoms. The number of carbonyl (C=O) groups is 2. The van der Waals surface area contributed by atoms with Gasteiger partial charge in [-0.25, -0.2) is 0 Å². The zero-order valence-corrected chi connectivity index (χ0v) is 16.4. The third-order valence-corrected chi connectivity index (χ3v) is 7.86. The van der Waals surface area contributed by atoms with Crippen LogP contribution < -0.4 is 11.1 Å². The number of anilines is 1. The lowest BCUT2D eigenvalue weighted by Gasteiger charge is -2.43. The number of hydrogen-bond donors (Lipinski definition) is 2. The molecular formula is C20H29N3O2S. The number of thiophene rings is 1. The van der Waals surface area contributed by atoms with E-state index in [4.69, 9.17) is 5.73 Å². The highest BCUT2D eigenvalue weighted by Crippen LogP contribution is 2.39. The Kier molecular flexibility index (Phi) is 5.06. The zero-order valence-electron chi connectivity index (χ0n) is 15.6. The first-order valence-corrected chi connectivity index (χ1v) is 10.9. The maximum Gasteiger partial charge on any atom is 0.251 e. The van der Waals surface area contributed by atoms with E-state index in [9.17, 15) is 9.59 Å². The molecule has 2 amide bonds. The van der Waals surface area contributed by atoms with Gasteiger partial charge in [0, 0.05) is 11.4 Å². The van der Waals surface area contributed by atoms with Gasteiger partial charge < -0.3 is 11.1 Å². The smallest absolute Gasteiger partial charge is 0.251 e. The fourth-order valence-electron chi connectivity index (χ4n) is 5.12. The predicted molar refractivity (Wildman–Crippen MR) is 105 cm³/mol. The second-order valence-electron chi connectivity index (χ2n) is 8.18. The molecule has 2 aliphatic carbocycles. The number of nitrogens with one attached hydrogen (secondary N) is 1. The largest absolute Gasteiger partial charge is 0.365 e. The number of carbonyl (C=O) groups excluding carboxylic acids is 2. The van der Waals surface area contributed by atoms with Crippen molar-refractivity contribution in [2.75, 3.05) is 18.4 Å². The van der Waals surface area contributed by atoms with Crippen molar-refractivity contribution in [1.29, 1.82) is 0 Å². The molecule has 1 aromatic rings. The van der Waals surface area contributed by atoms with E-state index in [1.807, 2.05) is 6.92 Å². The molecule has 1 saturated heterocycles. The van der Waals surface area contributed by atoms with Gasteiger partial charge in [-0.2, -0.15) is 0 Å². The Morgan fingerprint density at radius 2 is 1.92 bits per heavy atom. The minimum Gasteiger partial charge on any atom is -0.365 e. The third kappa shape index (κ3) is 3.29. The van der Waals surface area contributed by atoms with Gasteiger partial charge in [0.05, 0.1) is 11.6 Å². The molecule has 0 radical (unpaired) electrons. The number of fused-ring (bicyclic) bond motifs is 2. The summed E-state index contributed by atoms with van der Waals surface area (Å²) in [6.45, 7) is 4.02. The van der Waals surface area contributed by atoms with E-state index >= 15 is 0 Å². The predicted octanol–water partition coefficient (Wildman–Crippen LogP) is 3.17. The molecule has 3 atom stereocenters. The first-order valence-electron chi connectivity index (χ1n) is 10.0. The van der Waals surface area contributed by atoms with Gasteiger partial charge in [-0.1, -0.05) is 19.3 Å². The van der Waals surface area contributed by atoms with E-state index in [1.165, 1.54) is 48.3 Å². The molecule has 2 heterocycles. The molecule has 142 valence electrons. The van der Waals surface area contributed by atoms with E-state index in [-0.39, 0.29) is 11.9 Å². The standard InChI is InChI=1S/C20H29N3O2S/c1-12(23-10-9-13-5-2-3-6-14(13)11-23)19(25)22-20-17(18(21)24)15-7-4-8-16(15)26-20/h12-14H,2-11H2,1H3,(H2,21,24)(H,22,25)/t12-,13-,14-/m1/s1. The topological polar surface area (TPSA) is 75.4 Å². The molecule has 0 aromatic carbocycles. The first kappa shape index (κ1) is 18.0. The van der Waals surface area contributed by atoms with Crippen LogP contribution in [0.2, 0.25) is 0 Å². The first-order chi connectivity index (χ1) is 12.5. The van der Waals surface area contributed by atoms with Crippen molar-refractivity contribution in [2.24, 2.45) is 17.6 Å². The Bertz CT molecular complexity index is 714.